The van der Waals surface area contributed by atoms with Crippen molar-refractivity contribution in [3.8, 4) is 0 Å². The van der Waals surface area contributed by atoms with Gasteiger partial charge in [0.15, 0.2) is 0 Å². The van der Waals surface area contributed by atoms with Gasteiger partial charge in [0, 0.05) is 6.61 Å². The molecule has 0 radical (unpaired) electrons. The minimum absolute atomic E-state index is 0.0136. The molecule has 0 aromatic heterocycles. The molecule has 3 rings (SSSR count). The molecule has 1 aliphatic heterocycles. The first-order valence-electron chi connectivity index (χ1n) is 7.39. The number of benzene rings is 1. The van der Waals surface area contributed by atoms with Crippen LogP contribution in [0.15, 0.2) is 29.2 Å². The lowest BCUT2D eigenvalue weighted by Crippen LogP contribution is -2.41. The van der Waals surface area contributed by atoms with Gasteiger partial charge in [-0.15, -0.1) is 0 Å². The van der Waals surface area contributed by atoms with Crippen molar-refractivity contribution in [2.24, 2.45) is 5.92 Å². The molecule has 1 saturated carbocycles. The van der Waals surface area contributed by atoms with E-state index in [0.717, 1.165) is 19.3 Å². The van der Waals surface area contributed by atoms with E-state index in [9.17, 15) is 13.5 Å². The number of aliphatic hydroxyl groups is 1. The van der Waals surface area contributed by atoms with E-state index in [2.05, 4.69) is 4.72 Å². The molecule has 1 saturated heterocycles. The van der Waals surface area contributed by atoms with Crippen LogP contribution in [0.25, 0.3) is 0 Å². The van der Waals surface area contributed by atoms with Crippen LogP contribution in [-0.2, 0) is 14.8 Å². The van der Waals surface area contributed by atoms with Gasteiger partial charge >= 0.3 is 0 Å². The summed E-state index contributed by atoms with van der Waals surface area (Å²) in [5.41, 5.74) is 0.597. The molecule has 0 bridgehead atoms. The molecule has 116 valence electrons. The van der Waals surface area contributed by atoms with Crippen molar-refractivity contribution in [2.75, 3.05) is 6.61 Å². The van der Waals surface area contributed by atoms with Crippen LogP contribution in [0.4, 0.5) is 0 Å². The highest BCUT2D eigenvalue weighted by Gasteiger charge is 2.42. The van der Waals surface area contributed by atoms with E-state index in [1.54, 1.807) is 25.1 Å². The molecule has 0 amide bonds. The van der Waals surface area contributed by atoms with Gasteiger partial charge in [0.2, 0.25) is 10.0 Å². The molecule has 1 aromatic carbocycles. The maximum atomic E-state index is 12.5. The van der Waals surface area contributed by atoms with Crippen LogP contribution in [0.5, 0.6) is 0 Å². The summed E-state index contributed by atoms with van der Waals surface area (Å²) in [5.74, 6) is 0.504. The molecule has 6 heteroatoms. The summed E-state index contributed by atoms with van der Waals surface area (Å²) in [6, 6.07) is 6.30. The molecule has 21 heavy (non-hydrogen) atoms. The fourth-order valence-electron chi connectivity index (χ4n) is 2.84. The van der Waals surface area contributed by atoms with Gasteiger partial charge in [0.1, 0.15) is 0 Å². The number of ether oxygens (including phenoxy) is 1. The largest absolute Gasteiger partial charge is 0.389 e. The Kier molecular flexibility index (Phi) is 4.05. The number of nitrogens with one attached hydrogen (secondary N) is 1. The Morgan fingerprint density at radius 3 is 2.76 bits per heavy atom. The van der Waals surface area contributed by atoms with Crippen molar-refractivity contribution in [1.29, 1.82) is 0 Å². The maximum absolute atomic E-state index is 12.5. The van der Waals surface area contributed by atoms with E-state index in [4.69, 9.17) is 4.74 Å². The van der Waals surface area contributed by atoms with Gasteiger partial charge in [-0.05, 0) is 49.8 Å². The molecule has 2 fully saturated rings. The molecule has 3 unspecified atom stereocenters. The molecular weight excluding hydrogens is 290 g/mol. The van der Waals surface area contributed by atoms with Gasteiger partial charge < -0.3 is 9.84 Å². The third-order valence-electron chi connectivity index (χ3n) is 4.18. The molecule has 1 heterocycles. The minimum atomic E-state index is -3.58. The SMILES string of the molecule is CC(O)c1cccc(S(=O)(=O)NC2CCOC2C2CC2)c1. The average molecular weight is 311 g/mol. The lowest BCUT2D eigenvalue weighted by Gasteiger charge is -2.19. The predicted octanol–water partition coefficient (Wildman–Crippen LogP) is 1.59. The van der Waals surface area contributed by atoms with Crippen LogP contribution >= 0.6 is 0 Å². The highest BCUT2D eigenvalue weighted by Crippen LogP contribution is 2.39. The Hall–Kier alpha value is -0.950. The second kappa shape index (κ2) is 5.68. The van der Waals surface area contributed by atoms with Crippen molar-refractivity contribution in [1.82, 2.24) is 4.72 Å². The Morgan fingerprint density at radius 1 is 1.33 bits per heavy atom. The van der Waals surface area contributed by atoms with Gasteiger partial charge in [-0.25, -0.2) is 13.1 Å². The zero-order valence-electron chi connectivity index (χ0n) is 12.0. The van der Waals surface area contributed by atoms with Crippen molar-refractivity contribution >= 4 is 10.0 Å². The molecule has 2 aliphatic rings. The van der Waals surface area contributed by atoms with Crippen LogP contribution in [0.2, 0.25) is 0 Å². The van der Waals surface area contributed by atoms with E-state index in [1.165, 1.54) is 6.07 Å². The zero-order chi connectivity index (χ0) is 15.0. The van der Waals surface area contributed by atoms with Gasteiger partial charge in [-0.3, -0.25) is 0 Å². The van der Waals surface area contributed by atoms with Crippen molar-refractivity contribution in [3.05, 3.63) is 29.8 Å². The van der Waals surface area contributed by atoms with Gasteiger partial charge in [0.05, 0.1) is 23.1 Å². The van der Waals surface area contributed by atoms with E-state index >= 15 is 0 Å². The van der Waals surface area contributed by atoms with Crippen LogP contribution in [0.3, 0.4) is 0 Å². The lowest BCUT2D eigenvalue weighted by atomic mass is 10.1. The first kappa shape index (κ1) is 15.0. The summed E-state index contributed by atoms with van der Waals surface area (Å²) in [6.45, 7) is 2.23. The maximum Gasteiger partial charge on any atom is 0.240 e. The third kappa shape index (κ3) is 3.29. The summed E-state index contributed by atoms with van der Waals surface area (Å²) in [4.78, 5) is 0.197. The molecule has 1 aliphatic carbocycles. The molecule has 1 aromatic rings. The normalized spacial score (nSPS) is 27.7. The summed E-state index contributed by atoms with van der Waals surface area (Å²) >= 11 is 0. The van der Waals surface area contributed by atoms with Crippen LogP contribution in [-0.4, -0.2) is 32.3 Å². The molecule has 2 N–H and O–H groups in total. The quantitative estimate of drug-likeness (QED) is 0.866. The molecule has 0 spiro atoms. The predicted molar refractivity (Wildman–Crippen MR) is 78.3 cm³/mol. The lowest BCUT2D eigenvalue weighted by molar-refractivity contribution is 0.0848. The second-order valence-electron chi connectivity index (χ2n) is 5.94. The number of aliphatic hydroxyl groups excluding tert-OH is 1. The number of hydrogen-bond donors (Lipinski definition) is 2. The van der Waals surface area contributed by atoms with E-state index in [-0.39, 0.29) is 17.0 Å². The van der Waals surface area contributed by atoms with Crippen LogP contribution in [0.1, 0.15) is 37.9 Å². The van der Waals surface area contributed by atoms with Crippen LogP contribution in [0, 0.1) is 5.92 Å². The first-order valence-corrected chi connectivity index (χ1v) is 8.87. The van der Waals surface area contributed by atoms with E-state index < -0.39 is 16.1 Å². The summed E-state index contributed by atoms with van der Waals surface area (Å²) in [7, 11) is -3.58. The fraction of sp³-hybridized carbons (Fsp3) is 0.600. The Bertz CT molecular complexity index is 610. The van der Waals surface area contributed by atoms with Gasteiger partial charge in [-0.2, -0.15) is 0 Å². The smallest absolute Gasteiger partial charge is 0.240 e. The topological polar surface area (TPSA) is 75.6 Å². The summed E-state index contributed by atoms with van der Waals surface area (Å²) in [6.07, 6.45) is 2.30. The Labute approximate surface area is 125 Å². The molecule has 5 nitrogen and oxygen atoms in total. The monoisotopic (exact) mass is 311 g/mol. The van der Waals surface area contributed by atoms with Gasteiger partial charge in [0.25, 0.3) is 0 Å². The summed E-state index contributed by atoms with van der Waals surface area (Å²) < 4.78 is 33.4. The van der Waals surface area contributed by atoms with Crippen molar-refractivity contribution < 1.29 is 18.3 Å². The molecule has 3 atom stereocenters. The van der Waals surface area contributed by atoms with Gasteiger partial charge in [-0.1, -0.05) is 12.1 Å². The van der Waals surface area contributed by atoms with E-state index in [0.29, 0.717) is 18.1 Å². The summed E-state index contributed by atoms with van der Waals surface area (Å²) in [5, 5.41) is 9.59. The number of hydrogen-bond acceptors (Lipinski definition) is 4. The number of sulfonamides is 1. The van der Waals surface area contributed by atoms with Crippen LogP contribution < -0.4 is 4.72 Å². The average Bonchev–Trinajstić information content (AvgIpc) is 3.19. The second-order valence-corrected chi connectivity index (χ2v) is 7.65. The van der Waals surface area contributed by atoms with Crippen molar-refractivity contribution in [2.45, 2.75) is 49.3 Å². The Morgan fingerprint density at radius 2 is 2.10 bits per heavy atom. The van der Waals surface area contributed by atoms with E-state index in [1.807, 2.05) is 0 Å². The highest BCUT2D eigenvalue weighted by atomic mass is 32.2. The zero-order valence-corrected chi connectivity index (χ0v) is 12.8. The third-order valence-corrected chi connectivity index (χ3v) is 5.67. The molecular formula is C15H21NO4S. The minimum Gasteiger partial charge on any atom is -0.389 e. The Balaban J connectivity index is 1.78. The number of rotatable bonds is 5. The first-order chi connectivity index (χ1) is 9.97. The highest BCUT2D eigenvalue weighted by molar-refractivity contribution is 7.89. The standard InChI is InChI=1S/C15H21NO4S/c1-10(17)12-3-2-4-13(9-12)21(18,19)16-14-7-8-20-15(14)11-5-6-11/h2-4,9-11,14-17H,5-8H2,1H3. The van der Waals surface area contributed by atoms with Crippen molar-refractivity contribution in [3.63, 3.8) is 0 Å². The fourth-order valence-corrected chi connectivity index (χ4v) is 4.17.